The van der Waals surface area contributed by atoms with Gasteiger partial charge in [0.25, 0.3) is 0 Å². The van der Waals surface area contributed by atoms with E-state index < -0.39 is 0 Å². The van der Waals surface area contributed by atoms with Crippen LogP contribution in [0.1, 0.15) is 36.8 Å². The fourth-order valence-corrected chi connectivity index (χ4v) is 3.58. The average Bonchev–Trinajstić information content (AvgIpc) is 2.79. The normalized spacial score (nSPS) is 28.6. The van der Waals surface area contributed by atoms with Gasteiger partial charge in [-0.1, -0.05) is 6.07 Å². The molecular formula is C16H20FN3. The van der Waals surface area contributed by atoms with Gasteiger partial charge in [-0.15, -0.1) is 0 Å². The number of halogens is 1. The SMILES string of the molecule is CN(Cc1ccc(F)cc1C#N)C1CC2CCC(C1)N2. The van der Waals surface area contributed by atoms with Crippen molar-refractivity contribution in [2.75, 3.05) is 7.05 Å². The van der Waals surface area contributed by atoms with E-state index in [1.54, 1.807) is 6.07 Å². The van der Waals surface area contributed by atoms with Crippen LogP contribution in [-0.2, 0) is 6.54 Å². The fraction of sp³-hybridized carbons (Fsp3) is 0.562. The molecule has 20 heavy (non-hydrogen) atoms. The Labute approximate surface area is 119 Å². The lowest BCUT2D eigenvalue weighted by atomic mass is 9.97. The summed E-state index contributed by atoms with van der Waals surface area (Å²) in [4.78, 5) is 2.32. The Kier molecular flexibility index (Phi) is 3.73. The molecule has 0 spiro atoms. The molecule has 2 heterocycles. The number of nitrogens with one attached hydrogen (secondary N) is 1. The van der Waals surface area contributed by atoms with Crippen molar-refractivity contribution < 1.29 is 4.39 Å². The summed E-state index contributed by atoms with van der Waals surface area (Å²) < 4.78 is 13.2. The third-order valence-electron chi connectivity index (χ3n) is 4.68. The van der Waals surface area contributed by atoms with Crippen molar-refractivity contribution in [3.8, 4) is 6.07 Å². The van der Waals surface area contributed by atoms with E-state index in [4.69, 9.17) is 5.26 Å². The summed E-state index contributed by atoms with van der Waals surface area (Å²) in [7, 11) is 2.11. The molecule has 3 rings (SSSR count). The number of rotatable bonds is 3. The number of fused-ring (bicyclic) bond motifs is 2. The van der Waals surface area contributed by atoms with Crippen molar-refractivity contribution in [3.05, 3.63) is 35.1 Å². The van der Waals surface area contributed by atoms with Crippen molar-refractivity contribution in [3.63, 3.8) is 0 Å². The second-order valence-corrected chi connectivity index (χ2v) is 6.09. The Morgan fingerprint density at radius 1 is 1.35 bits per heavy atom. The molecule has 1 N–H and O–H groups in total. The minimum absolute atomic E-state index is 0.340. The van der Waals surface area contributed by atoms with E-state index >= 15 is 0 Å². The molecule has 0 amide bonds. The van der Waals surface area contributed by atoms with Gasteiger partial charge in [-0.25, -0.2) is 4.39 Å². The van der Waals surface area contributed by atoms with Crippen LogP contribution in [0.2, 0.25) is 0 Å². The maximum Gasteiger partial charge on any atom is 0.124 e. The zero-order chi connectivity index (χ0) is 14.1. The molecule has 2 bridgehead atoms. The molecule has 2 unspecified atom stereocenters. The van der Waals surface area contributed by atoms with E-state index in [9.17, 15) is 4.39 Å². The van der Waals surface area contributed by atoms with Crippen LogP contribution in [-0.4, -0.2) is 30.1 Å². The standard InChI is InChI=1S/C16H20FN3/c1-20(16-7-14-4-5-15(8-16)19-14)10-11-2-3-13(17)6-12(11)9-18/h2-3,6,14-16,19H,4-5,7-8,10H2,1H3. The highest BCUT2D eigenvalue weighted by molar-refractivity contribution is 5.37. The minimum atomic E-state index is -0.340. The quantitative estimate of drug-likeness (QED) is 0.919. The zero-order valence-electron chi connectivity index (χ0n) is 11.8. The van der Waals surface area contributed by atoms with Crippen molar-refractivity contribution >= 4 is 0 Å². The minimum Gasteiger partial charge on any atom is -0.311 e. The Balaban J connectivity index is 1.70. The number of nitriles is 1. The number of benzene rings is 1. The fourth-order valence-electron chi connectivity index (χ4n) is 3.58. The molecule has 1 aromatic rings. The van der Waals surface area contributed by atoms with E-state index in [0.717, 1.165) is 5.56 Å². The molecule has 2 fully saturated rings. The summed E-state index contributed by atoms with van der Waals surface area (Å²) in [6.07, 6.45) is 4.93. The lowest BCUT2D eigenvalue weighted by Gasteiger charge is -2.35. The Bertz CT molecular complexity index is 525. The zero-order valence-corrected chi connectivity index (χ0v) is 11.8. The van der Waals surface area contributed by atoms with Crippen LogP contribution in [0.25, 0.3) is 0 Å². The van der Waals surface area contributed by atoms with E-state index in [-0.39, 0.29) is 5.82 Å². The third kappa shape index (κ3) is 2.70. The Morgan fingerprint density at radius 2 is 2.05 bits per heavy atom. The Hall–Kier alpha value is -1.44. The van der Waals surface area contributed by atoms with Gasteiger partial charge in [-0.2, -0.15) is 5.26 Å². The lowest BCUT2D eigenvalue weighted by Crippen LogP contribution is -2.46. The number of nitrogens with zero attached hydrogens (tertiary/aromatic N) is 2. The van der Waals surface area contributed by atoms with Crippen LogP contribution < -0.4 is 5.32 Å². The van der Waals surface area contributed by atoms with Gasteiger partial charge in [0.15, 0.2) is 0 Å². The predicted molar refractivity (Wildman–Crippen MR) is 75.5 cm³/mol. The summed E-state index contributed by atoms with van der Waals surface area (Å²) in [6.45, 7) is 0.716. The van der Waals surface area contributed by atoms with Gasteiger partial charge < -0.3 is 5.32 Å². The summed E-state index contributed by atoms with van der Waals surface area (Å²) >= 11 is 0. The van der Waals surface area contributed by atoms with E-state index in [1.165, 1.54) is 37.8 Å². The number of piperidine rings is 1. The monoisotopic (exact) mass is 273 g/mol. The highest BCUT2D eigenvalue weighted by Crippen LogP contribution is 2.30. The van der Waals surface area contributed by atoms with E-state index in [0.29, 0.717) is 30.2 Å². The molecule has 0 saturated carbocycles. The first-order valence-electron chi connectivity index (χ1n) is 7.30. The highest BCUT2D eigenvalue weighted by Gasteiger charge is 2.35. The smallest absolute Gasteiger partial charge is 0.124 e. The highest BCUT2D eigenvalue weighted by atomic mass is 19.1. The van der Waals surface area contributed by atoms with Crippen molar-refractivity contribution in [2.45, 2.75) is 50.4 Å². The molecular weight excluding hydrogens is 253 g/mol. The van der Waals surface area contributed by atoms with Gasteiger partial charge in [0.1, 0.15) is 5.82 Å². The molecule has 2 aliphatic rings. The first-order valence-corrected chi connectivity index (χ1v) is 7.30. The van der Waals surface area contributed by atoms with Crippen molar-refractivity contribution in [2.24, 2.45) is 0 Å². The molecule has 1 aromatic carbocycles. The van der Waals surface area contributed by atoms with Gasteiger partial charge in [-0.3, -0.25) is 4.90 Å². The van der Waals surface area contributed by atoms with Crippen molar-refractivity contribution in [1.82, 2.24) is 10.2 Å². The van der Waals surface area contributed by atoms with E-state index in [1.807, 2.05) is 0 Å². The number of hydrogen-bond donors (Lipinski definition) is 1. The molecule has 106 valence electrons. The van der Waals surface area contributed by atoms with E-state index in [2.05, 4.69) is 23.3 Å². The van der Waals surface area contributed by atoms with Gasteiger partial charge in [0.2, 0.25) is 0 Å². The Morgan fingerprint density at radius 3 is 2.70 bits per heavy atom. The molecule has 0 aromatic heterocycles. The second kappa shape index (κ2) is 5.51. The van der Waals surface area contributed by atoms with Crippen LogP contribution in [0.15, 0.2) is 18.2 Å². The lowest BCUT2D eigenvalue weighted by molar-refractivity contribution is 0.166. The largest absolute Gasteiger partial charge is 0.311 e. The molecule has 4 heteroatoms. The first-order chi connectivity index (χ1) is 9.65. The first kappa shape index (κ1) is 13.5. The van der Waals surface area contributed by atoms with Crippen LogP contribution in [0.5, 0.6) is 0 Å². The topological polar surface area (TPSA) is 39.1 Å². The van der Waals surface area contributed by atoms with Gasteiger partial charge in [0.05, 0.1) is 11.6 Å². The molecule has 2 aliphatic heterocycles. The second-order valence-electron chi connectivity index (χ2n) is 6.09. The third-order valence-corrected chi connectivity index (χ3v) is 4.68. The molecule has 2 atom stereocenters. The summed E-state index contributed by atoms with van der Waals surface area (Å²) in [6, 6.07) is 8.48. The van der Waals surface area contributed by atoms with Crippen LogP contribution in [0.4, 0.5) is 4.39 Å². The summed E-state index contributed by atoms with van der Waals surface area (Å²) in [5.41, 5.74) is 1.37. The molecule has 2 saturated heterocycles. The van der Waals surface area contributed by atoms with Gasteiger partial charge in [0, 0.05) is 24.7 Å². The van der Waals surface area contributed by atoms with Crippen LogP contribution >= 0.6 is 0 Å². The summed E-state index contributed by atoms with van der Waals surface area (Å²) in [5.74, 6) is -0.340. The molecule has 0 aliphatic carbocycles. The van der Waals surface area contributed by atoms with Gasteiger partial charge in [-0.05, 0) is 50.4 Å². The van der Waals surface area contributed by atoms with Crippen LogP contribution in [0.3, 0.4) is 0 Å². The maximum absolute atomic E-state index is 13.2. The molecule has 0 radical (unpaired) electrons. The van der Waals surface area contributed by atoms with Gasteiger partial charge >= 0.3 is 0 Å². The summed E-state index contributed by atoms with van der Waals surface area (Å²) in [5, 5.41) is 12.8. The van der Waals surface area contributed by atoms with Crippen LogP contribution in [0, 0.1) is 17.1 Å². The predicted octanol–water partition coefficient (Wildman–Crippen LogP) is 2.41. The molecule has 3 nitrogen and oxygen atoms in total. The number of hydrogen-bond acceptors (Lipinski definition) is 3. The maximum atomic E-state index is 13.2. The van der Waals surface area contributed by atoms with Crippen molar-refractivity contribution in [1.29, 1.82) is 5.26 Å². The average molecular weight is 273 g/mol.